The molecular formula is C20H33NO2. The van der Waals surface area contributed by atoms with Crippen molar-refractivity contribution in [3.8, 4) is 0 Å². The average Bonchev–Trinajstić information content (AvgIpc) is 2.85. The summed E-state index contributed by atoms with van der Waals surface area (Å²) in [5, 5.41) is 13.2. The molecule has 0 aromatic heterocycles. The third-order valence-electron chi connectivity index (χ3n) is 8.91. The predicted molar refractivity (Wildman–Crippen MR) is 90.7 cm³/mol. The van der Waals surface area contributed by atoms with E-state index in [4.69, 9.17) is 0 Å². The summed E-state index contributed by atoms with van der Waals surface area (Å²) in [6.45, 7) is 4.99. The number of rotatable bonds is 2. The highest BCUT2D eigenvalue weighted by Gasteiger charge is 2.60. The minimum Gasteiger partial charge on any atom is -0.393 e. The number of amides is 1. The van der Waals surface area contributed by atoms with Crippen LogP contribution in [0.3, 0.4) is 0 Å². The molecule has 0 unspecified atom stereocenters. The zero-order chi connectivity index (χ0) is 16.2. The monoisotopic (exact) mass is 319 g/mol. The van der Waals surface area contributed by atoms with E-state index >= 15 is 0 Å². The number of carbonyl (C=O) groups is 1. The molecule has 4 saturated carbocycles. The molecule has 4 aliphatic carbocycles. The number of carbonyl (C=O) groups excluding carboxylic acids is 1. The molecule has 2 N–H and O–H groups in total. The molecule has 4 rings (SSSR count). The Morgan fingerprint density at radius 3 is 2.48 bits per heavy atom. The molecule has 1 amide bonds. The zero-order valence-corrected chi connectivity index (χ0v) is 14.8. The number of hydrogen-bond donors (Lipinski definition) is 2. The molecule has 4 fully saturated rings. The zero-order valence-electron chi connectivity index (χ0n) is 14.8. The Morgan fingerprint density at radius 2 is 1.70 bits per heavy atom. The number of hydrogen-bond acceptors (Lipinski definition) is 2. The van der Waals surface area contributed by atoms with Gasteiger partial charge in [-0.1, -0.05) is 13.8 Å². The summed E-state index contributed by atoms with van der Waals surface area (Å²) in [6.07, 6.45) is 11.9. The Labute approximate surface area is 140 Å². The van der Waals surface area contributed by atoms with Gasteiger partial charge in [-0.15, -0.1) is 0 Å². The van der Waals surface area contributed by atoms with Crippen molar-refractivity contribution in [3.05, 3.63) is 0 Å². The van der Waals surface area contributed by atoms with E-state index in [2.05, 4.69) is 19.2 Å². The summed E-state index contributed by atoms with van der Waals surface area (Å²) in [5.74, 6) is 3.23. The van der Waals surface area contributed by atoms with Gasteiger partial charge in [0.15, 0.2) is 0 Å². The topological polar surface area (TPSA) is 49.3 Å². The first kappa shape index (κ1) is 15.9. The second kappa shape index (κ2) is 5.47. The molecule has 0 radical (unpaired) electrons. The number of fused-ring (bicyclic) bond motifs is 5. The van der Waals surface area contributed by atoms with Crippen LogP contribution in [0.5, 0.6) is 0 Å². The lowest BCUT2D eigenvalue weighted by Crippen LogP contribution is -2.55. The lowest BCUT2D eigenvalue weighted by molar-refractivity contribution is -0.126. The highest BCUT2D eigenvalue weighted by molar-refractivity contribution is 5.47. The summed E-state index contributed by atoms with van der Waals surface area (Å²) in [4.78, 5) is 11.0. The molecule has 3 nitrogen and oxygen atoms in total. The largest absolute Gasteiger partial charge is 0.393 e. The summed E-state index contributed by atoms with van der Waals surface area (Å²) >= 11 is 0. The van der Waals surface area contributed by atoms with E-state index in [-0.39, 0.29) is 6.10 Å². The van der Waals surface area contributed by atoms with Crippen molar-refractivity contribution in [1.29, 1.82) is 0 Å². The third kappa shape index (κ3) is 2.22. The van der Waals surface area contributed by atoms with Crippen molar-refractivity contribution in [2.24, 2.45) is 34.5 Å². The van der Waals surface area contributed by atoms with Crippen LogP contribution >= 0.6 is 0 Å². The third-order valence-corrected chi connectivity index (χ3v) is 8.91. The summed E-state index contributed by atoms with van der Waals surface area (Å²) < 4.78 is 0. The molecular weight excluding hydrogens is 286 g/mol. The second-order valence-corrected chi connectivity index (χ2v) is 9.54. The molecule has 0 heterocycles. The van der Waals surface area contributed by atoms with Crippen LogP contribution in [-0.2, 0) is 4.79 Å². The Hall–Kier alpha value is -0.570. The fourth-order valence-electron chi connectivity index (χ4n) is 7.59. The Balaban J connectivity index is 1.59. The van der Waals surface area contributed by atoms with Crippen LogP contribution in [0.2, 0.25) is 0 Å². The van der Waals surface area contributed by atoms with E-state index in [0.717, 1.165) is 42.9 Å². The van der Waals surface area contributed by atoms with E-state index in [9.17, 15) is 9.90 Å². The van der Waals surface area contributed by atoms with Crippen LogP contribution in [0.15, 0.2) is 0 Å². The SMILES string of the molecule is C[C@]12CC[C@H](O)C[C@@H]1CC[C@@H]1[C@H]3CC[C@H](NC=O)[C@@]3(C)CC[C@@H]12. The highest BCUT2D eigenvalue weighted by atomic mass is 16.3. The Bertz CT molecular complexity index is 480. The molecule has 0 spiro atoms. The van der Waals surface area contributed by atoms with Crippen molar-refractivity contribution in [3.63, 3.8) is 0 Å². The minimum atomic E-state index is -0.0499. The van der Waals surface area contributed by atoms with Gasteiger partial charge in [-0.2, -0.15) is 0 Å². The summed E-state index contributed by atoms with van der Waals surface area (Å²) in [7, 11) is 0. The van der Waals surface area contributed by atoms with E-state index in [0.29, 0.717) is 16.9 Å². The summed E-state index contributed by atoms with van der Waals surface area (Å²) in [5.41, 5.74) is 0.777. The Morgan fingerprint density at radius 1 is 0.957 bits per heavy atom. The highest BCUT2D eigenvalue weighted by Crippen LogP contribution is 2.66. The maximum atomic E-state index is 11.0. The number of aliphatic hydroxyl groups is 1. The quantitative estimate of drug-likeness (QED) is 0.765. The van der Waals surface area contributed by atoms with E-state index < -0.39 is 0 Å². The fourth-order valence-corrected chi connectivity index (χ4v) is 7.59. The molecule has 4 aliphatic rings. The van der Waals surface area contributed by atoms with Crippen LogP contribution in [-0.4, -0.2) is 23.7 Å². The first-order valence-electron chi connectivity index (χ1n) is 9.87. The standard InChI is InChI=1S/C20H33NO2/c1-19-9-7-14(23)11-13(19)3-4-15-16-5-6-18(21-12-22)20(16,2)10-8-17(15)19/h12-18,23H,3-11H2,1-2H3,(H,21,22)/t13-,14-,15+,16+,17-,18-,19-,20-/m0/s1. The molecule has 3 heteroatoms. The molecule has 23 heavy (non-hydrogen) atoms. The van der Waals surface area contributed by atoms with Gasteiger partial charge in [-0.25, -0.2) is 0 Å². The lowest BCUT2D eigenvalue weighted by Gasteiger charge is -2.60. The van der Waals surface area contributed by atoms with Crippen LogP contribution in [0.4, 0.5) is 0 Å². The second-order valence-electron chi connectivity index (χ2n) is 9.54. The number of nitrogens with one attached hydrogen (secondary N) is 1. The van der Waals surface area contributed by atoms with Crippen molar-refractivity contribution in [2.75, 3.05) is 0 Å². The number of aliphatic hydroxyl groups excluding tert-OH is 1. The smallest absolute Gasteiger partial charge is 0.207 e. The molecule has 0 aromatic carbocycles. The van der Waals surface area contributed by atoms with Crippen molar-refractivity contribution in [1.82, 2.24) is 5.32 Å². The van der Waals surface area contributed by atoms with Gasteiger partial charge in [0.25, 0.3) is 0 Å². The van der Waals surface area contributed by atoms with Crippen LogP contribution in [0, 0.1) is 34.5 Å². The van der Waals surface area contributed by atoms with E-state index in [1.54, 1.807) is 0 Å². The van der Waals surface area contributed by atoms with Crippen LogP contribution in [0.1, 0.15) is 71.6 Å². The molecule has 0 bridgehead atoms. The van der Waals surface area contributed by atoms with Crippen molar-refractivity contribution >= 4 is 6.41 Å². The van der Waals surface area contributed by atoms with Gasteiger partial charge in [-0.3, -0.25) is 4.79 Å². The summed E-state index contributed by atoms with van der Waals surface area (Å²) in [6, 6.07) is 0.393. The first-order valence-corrected chi connectivity index (χ1v) is 9.87. The molecule has 130 valence electrons. The van der Waals surface area contributed by atoms with E-state index in [1.165, 1.54) is 44.9 Å². The minimum absolute atomic E-state index is 0.0499. The predicted octanol–water partition coefficient (Wildman–Crippen LogP) is 3.50. The normalized spacial score (nSPS) is 55.4. The maximum Gasteiger partial charge on any atom is 0.207 e. The molecule has 0 aliphatic heterocycles. The van der Waals surface area contributed by atoms with Gasteiger partial charge >= 0.3 is 0 Å². The first-order chi connectivity index (χ1) is 11.0. The Kier molecular flexibility index (Phi) is 3.79. The van der Waals surface area contributed by atoms with Gasteiger partial charge in [0.05, 0.1) is 6.10 Å². The van der Waals surface area contributed by atoms with Gasteiger partial charge in [-0.05, 0) is 92.3 Å². The maximum absolute atomic E-state index is 11.0. The van der Waals surface area contributed by atoms with Gasteiger partial charge in [0, 0.05) is 6.04 Å². The lowest BCUT2D eigenvalue weighted by atomic mass is 9.45. The van der Waals surface area contributed by atoms with Gasteiger partial charge in [0.1, 0.15) is 0 Å². The van der Waals surface area contributed by atoms with Crippen molar-refractivity contribution in [2.45, 2.75) is 83.8 Å². The fraction of sp³-hybridized carbons (Fsp3) is 0.950. The van der Waals surface area contributed by atoms with Crippen LogP contribution < -0.4 is 5.32 Å². The average molecular weight is 319 g/mol. The van der Waals surface area contributed by atoms with E-state index in [1.807, 2.05) is 0 Å². The molecule has 8 atom stereocenters. The molecule has 0 aromatic rings. The van der Waals surface area contributed by atoms with Gasteiger partial charge < -0.3 is 10.4 Å². The van der Waals surface area contributed by atoms with Crippen molar-refractivity contribution < 1.29 is 9.90 Å². The van der Waals surface area contributed by atoms with Crippen LogP contribution in [0.25, 0.3) is 0 Å². The molecule has 0 saturated heterocycles. The van der Waals surface area contributed by atoms with Gasteiger partial charge in [0.2, 0.25) is 6.41 Å².